The Morgan fingerprint density at radius 2 is 1.78 bits per heavy atom. The van der Waals surface area contributed by atoms with Crippen LogP contribution in [-0.2, 0) is 16.8 Å². The number of aromatic amines is 1. The van der Waals surface area contributed by atoms with Gasteiger partial charge in [-0.05, 0) is 60.7 Å². The van der Waals surface area contributed by atoms with Crippen LogP contribution in [0, 0.1) is 0 Å². The van der Waals surface area contributed by atoms with E-state index in [-0.39, 0.29) is 17.8 Å². The van der Waals surface area contributed by atoms with E-state index in [4.69, 9.17) is 15.8 Å². The molecule has 0 saturated carbocycles. The van der Waals surface area contributed by atoms with E-state index in [9.17, 15) is 9.90 Å². The number of carboxylic acid groups (broad SMARTS) is 1. The van der Waals surface area contributed by atoms with Gasteiger partial charge in [0.15, 0.2) is 5.88 Å². The maximum atomic E-state index is 11.1. The van der Waals surface area contributed by atoms with E-state index in [1.54, 1.807) is 0 Å². The zero-order chi connectivity index (χ0) is 25.9. The molecular weight excluding hydrogens is 518 g/mol. The number of hydrogen-bond donors (Lipinski definition) is 4. The van der Waals surface area contributed by atoms with Crippen molar-refractivity contribution < 1.29 is 15.0 Å². The largest absolute Gasteiger partial charge is 0.494 e. The molecular formula is C29H30BrN3O3. The third-order valence-corrected chi connectivity index (χ3v) is 7.24. The summed E-state index contributed by atoms with van der Waals surface area (Å²) in [7, 11) is 0. The van der Waals surface area contributed by atoms with Crippen LogP contribution in [-0.4, -0.2) is 26.9 Å². The minimum Gasteiger partial charge on any atom is -0.494 e. The Bertz CT molecular complexity index is 1420. The molecule has 7 heteroatoms. The Kier molecular flexibility index (Phi) is 7.62. The number of fused-ring (bicyclic) bond motifs is 1. The Labute approximate surface area is 219 Å². The van der Waals surface area contributed by atoms with Crippen LogP contribution >= 0.6 is 15.9 Å². The van der Waals surface area contributed by atoms with Gasteiger partial charge in [0.05, 0.1) is 22.5 Å². The van der Waals surface area contributed by atoms with E-state index in [0.29, 0.717) is 17.7 Å². The normalized spacial score (nSPS) is 12.3. The van der Waals surface area contributed by atoms with Crippen LogP contribution in [0.5, 0.6) is 5.88 Å². The molecule has 6 nitrogen and oxygen atoms in total. The maximum absolute atomic E-state index is 11.1. The summed E-state index contributed by atoms with van der Waals surface area (Å²) in [5.74, 6) is -0.822. The van der Waals surface area contributed by atoms with Gasteiger partial charge >= 0.3 is 5.97 Å². The van der Waals surface area contributed by atoms with E-state index >= 15 is 0 Å². The van der Waals surface area contributed by atoms with Crippen LogP contribution in [0.2, 0.25) is 0 Å². The van der Waals surface area contributed by atoms with Crippen molar-refractivity contribution in [3.8, 4) is 5.88 Å². The number of nitrogens with zero attached hydrogens (tertiary/aromatic N) is 1. The molecule has 0 amide bonds. The van der Waals surface area contributed by atoms with Gasteiger partial charge in [0.25, 0.3) is 0 Å². The number of aromatic nitrogens is 1. The fraction of sp³-hybridized carbons (Fsp3) is 0.241. The number of nitrogens with one attached hydrogen (secondary N) is 1. The molecule has 0 radical (unpaired) electrons. The van der Waals surface area contributed by atoms with Crippen LogP contribution in [0.25, 0.3) is 10.9 Å². The van der Waals surface area contributed by atoms with E-state index in [1.807, 2.05) is 66.7 Å². The van der Waals surface area contributed by atoms with Gasteiger partial charge in [-0.15, -0.1) is 0 Å². The summed E-state index contributed by atoms with van der Waals surface area (Å²) in [5.41, 5.74) is 11.6. The predicted molar refractivity (Wildman–Crippen MR) is 148 cm³/mol. The van der Waals surface area contributed by atoms with Gasteiger partial charge in [-0.3, -0.25) is 4.79 Å². The van der Waals surface area contributed by atoms with E-state index < -0.39 is 5.97 Å². The second-order valence-corrected chi connectivity index (χ2v) is 9.92. The first-order valence-electron chi connectivity index (χ1n) is 12.0. The molecule has 0 aliphatic rings. The molecule has 4 rings (SSSR count). The van der Waals surface area contributed by atoms with Crippen molar-refractivity contribution in [1.82, 2.24) is 4.98 Å². The van der Waals surface area contributed by atoms with E-state index in [0.717, 1.165) is 50.6 Å². The van der Waals surface area contributed by atoms with Gasteiger partial charge in [0.2, 0.25) is 0 Å². The maximum Gasteiger partial charge on any atom is 0.303 e. The third-order valence-electron chi connectivity index (χ3n) is 6.75. The summed E-state index contributed by atoms with van der Waals surface area (Å²) >= 11 is 3.48. The van der Waals surface area contributed by atoms with Gasteiger partial charge in [-0.2, -0.15) is 0 Å². The van der Waals surface area contributed by atoms with Gasteiger partial charge in [0, 0.05) is 27.4 Å². The molecule has 0 fully saturated rings. The monoisotopic (exact) mass is 547 g/mol. The van der Waals surface area contributed by atoms with Crippen molar-refractivity contribution in [2.24, 2.45) is 10.7 Å². The lowest BCUT2D eigenvalue weighted by molar-refractivity contribution is -0.136. The van der Waals surface area contributed by atoms with Crippen LogP contribution in [0.4, 0.5) is 5.69 Å². The fourth-order valence-electron chi connectivity index (χ4n) is 4.44. The van der Waals surface area contributed by atoms with Crippen LogP contribution in [0.3, 0.4) is 0 Å². The first-order chi connectivity index (χ1) is 17.2. The Morgan fingerprint density at radius 1 is 1.06 bits per heavy atom. The summed E-state index contributed by atoms with van der Waals surface area (Å²) in [5, 5.41) is 20.9. The Hall–Kier alpha value is -3.42. The summed E-state index contributed by atoms with van der Waals surface area (Å²) in [6.07, 6.45) is 2.11. The average Bonchev–Trinajstić information content (AvgIpc) is 3.20. The summed E-state index contributed by atoms with van der Waals surface area (Å²) in [6.45, 7) is 4.17. The Balaban J connectivity index is 1.86. The standard InChI is InChI=1S/C29H30BrN3O3/c1-3-29(31,4-2)20-9-12-22(13-10-20)32-27(19-7-5-6-18(16-19)8-15-25(34)35)26-23-14-11-21(30)17-24(23)33-28(26)36/h5-7,9-14,16-17,33,36H,3-4,8,15,31H2,1-2H3,(H,34,35). The number of aliphatic imine (C=N–C) groups is 1. The first-order valence-corrected chi connectivity index (χ1v) is 12.8. The highest BCUT2D eigenvalue weighted by atomic mass is 79.9. The average molecular weight is 548 g/mol. The first kappa shape index (κ1) is 25.7. The van der Waals surface area contributed by atoms with Crippen molar-refractivity contribution in [3.05, 3.63) is 93.5 Å². The minimum atomic E-state index is -0.843. The van der Waals surface area contributed by atoms with Gasteiger partial charge in [0.1, 0.15) is 0 Å². The molecule has 3 aromatic carbocycles. The van der Waals surface area contributed by atoms with Crippen molar-refractivity contribution >= 4 is 44.2 Å². The van der Waals surface area contributed by atoms with Crippen molar-refractivity contribution in [2.75, 3.05) is 0 Å². The second-order valence-electron chi connectivity index (χ2n) is 9.00. The number of carbonyl (C=O) groups is 1. The molecule has 36 heavy (non-hydrogen) atoms. The number of aryl methyl sites for hydroxylation is 1. The van der Waals surface area contributed by atoms with Gasteiger partial charge in [-0.25, -0.2) is 4.99 Å². The molecule has 0 atom stereocenters. The topological polar surface area (TPSA) is 112 Å². The molecule has 1 heterocycles. The molecule has 5 N–H and O–H groups in total. The number of nitrogens with two attached hydrogens (primary N) is 1. The van der Waals surface area contributed by atoms with Crippen LogP contribution < -0.4 is 5.73 Å². The summed E-state index contributed by atoms with van der Waals surface area (Å²) in [6, 6.07) is 21.3. The predicted octanol–water partition coefficient (Wildman–Crippen LogP) is 6.80. The van der Waals surface area contributed by atoms with Crippen molar-refractivity contribution in [3.63, 3.8) is 0 Å². The number of H-pyrrole nitrogens is 1. The van der Waals surface area contributed by atoms with Crippen LogP contribution in [0.15, 0.2) is 76.2 Å². The molecule has 0 aliphatic heterocycles. The molecule has 0 spiro atoms. The van der Waals surface area contributed by atoms with E-state index in [1.165, 1.54) is 0 Å². The number of benzene rings is 3. The molecule has 0 saturated heterocycles. The smallest absolute Gasteiger partial charge is 0.303 e. The lowest BCUT2D eigenvalue weighted by Gasteiger charge is -2.27. The number of aromatic hydroxyl groups is 1. The highest BCUT2D eigenvalue weighted by Gasteiger charge is 2.23. The third kappa shape index (κ3) is 5.37. The molecule has 1 aromatic heterocycles. The second kappa shape index (κ2) is 10.7. The number of rotatable bonds is 9. The number of hydrogen-bond acceptors (Lipinski definition) is 4. The number of aliphatic carboxylic acids is 1. The minimum absolute atomic E-state index is 0.0207. The molecule has 0 bridgehead atoms. The fourth-order valence-corrected chi connectivity index (χ4v) is 4.80. The summed E-state index contributed by atoms with van der Waals surface area (Å²) < 4.78 is 0.893. The molecule has 0 unspecified atom stereocenters. The van der Waals surface area contributed by atoms with Gasteiger partial charge in [-0.1, -0.05) is 66.2 Å². The summed E-state index contributed by atoms with van der Waals surface area (Å²) in [4.78, 5) is 19.1. The highest BCUT2D eigenvalue weighted by molar-refractivity contribution is 9.10. The SMILES string of the molecule is CCC(N)(CC)c1ccc(N=C(c2cccc(CCC(=O)O)c2)c2c(O)[nH]c3cc(Br)ccc23)cc1. The highest BCUT2D eigenvalue weighted by Crippen LogP contribution is 2.34. The zero-order valence-electron chi connectivity index (χ0n) is 20.4. The Morgan fingerprint density at radius 3 is 2.44 bits per heavy atom. The molecule has 0 aliphatic carbocycles. The number of halogens is 1. The molecule has 4 aromatic rings. The van der Waals surface area contributed by atoms with Gasteiger partial charge < -0.3 is 20.9 Å². The quantitative estimate of drug-likeness (QED) is 0.173. The van der Waals surface area contributed by atoms with Crippen molar-refractivity contribution in [2.45, 2.75) is 45.1 Å². The lowest BCUT2D eigenvalue weighted by Crippen LogP contribution is -2.34. The van der Waals surface area contributed by atoms with E-state index in [2.05, 4.69) is 34.8 Å². The zero-order valence-corrected chi connectivity index (χ0v) is 22.0. The molecule has 186 valence electrons. The van der Waals surface area contributed by atoms with Crippen LogP contribution in [0.1, 0.15) is 55.4 Å². The van der Waals surface area contributed by atoms with Crippen molar-refractivity contribution in [1.29, 1.82) is 0 Å². The number of carboxylic acids is 1. The lowest BCUT2D eigenvalue weighted by atomic mass is 9.86.